The molecule has 0 bridgehead atoms. The van der Waals surface area contributed by atoms with Gasteiger partial charge in [0.15, 0.2) is 19.7 Å². The highest BCUT2D eigenvalue weighted by Crippen LogP contribution is 2.14. The highest BCUT2D eigenvalue weighted by atomic mass is 32.2. The number of sulfone groups is 2. The second-order valence-electron chi connectivity index (χ2n) is 4.79. The summed E-state index contributed by atoms with van der Waals surface area (Å²) < 4.78 is 45.0. The van der Waals surface area contributed by atoms with Crippen LogP contribution < -0.4 is 10.9 Å². The van der Waals surface area contributed by atoms with Crippen LogP contribution in [0.5, 0.6) is 0 Å². The molecule has 2 saturated heterocycles. The van der Waals surface area contributed by atoms with Crippen molar-refractivity contribution in [3.05, 3.63) is 0 Å². The maximum Gasteiger partial charge on any atom is 0.154 e. The van der Waals surface area contributed by atoms with Crippen molar-refractivity contribution in [3.63, 3.8) is 0 Å². The molecular formula is C8H16N2O6S2. The number of hydrogen-bond donors (Lipinski definition) is 4. The summed E-state index contributed by atoms with van der Waals surface area (Å²) in [5, 5.41) is 19.0. The minimum absolute atomic E-state index is 0.212. The van der Waals surface area contributed by atoms with Crippen molar-refractivity contribution in [2.24, 2.45) is 0 Å². The van der Waals surface area contributed by atoms with E-state index in [0.29, 0.717) is 0 Å². The molecule has 106 valence electrons. The van der Waals surface area contributed by atoms with Gasteiger partial charge in [0, 0.05) is 0 Å². The fourth-order valence-electron chi connectivity index (χ4n) is 2.15. The summed E-state index contributed by atoms with van der Waals surface area (Å²) in [6, 6.07) is -1.38. The highest BCUT2D eigenvalue weighted by Gasteiger charge is 2.39. The standard InChI is InChI=1S/C8H16N2O6S2/c11-7-3-17(13,14)1-5(7)9-10-6-2-18(15,16)4-8(6)12/h5-12H,1-4H2. The molecule has 0 aromatic heterocycles. The molecule has 2 aliphatic rings. The van der Waals surface area contributed by atoms with E-state index in [1.54, 1.807) is 0 Å². The minimum atomic E-state index is -3.26. The predicted octanol–water partition coefficient (Wildman–Crippen LogP) is -3.60. The third-order valence-corrected chi connectivity index (χ3v) is 6.53. The van der Waals surface area contributed by atoms with Crippen LogP contribution in [0.15, 0.2) is 0 Å². The quantitative estimate of drug-likeness (QED) is 0.393. The van der Waals surface area contributed by atoms with Gasteiger partial charge in [0.05, 0.1) is 47.3 Å². The smallest absolute Gasteiger partial charge is 0.154 e. The Morgan fingerprint density at radius 3 is 1.28 bits per heavy atom. The third-order valence-electron chi connectivity index (χ3n) is 3.10. The van der Waals surface area contributed by atoms with Gasteiger partial charge in [0.25, 0.3) is 0 Å². The molecule has 2 fully saturated rings. The third kappa shape index (κ3) is 3.19. The predicted molar refractivity (Wildman–Crippen MR) is 63.2 cm³/mol. The van der Waals surface area contributed by atoms with Gasteiger partial charge >= 0.3 is 0 Å². The largest absolute Gasteiger partial charge is 0.390 e. The van der Waals surface area contributed by atoms with Crippen molar-refractivity contribution in [1.29, 1.82) is 0 Å². The van der Waals surface area contributed by atoms with Crippen LogP contribution in [0.2, 0.25) is 0 Å². The summed E-state index contributed by atoms with van der Waals surface area (Å²) in [5.74, 6) is -1.04. The lowest BCUT2D eigenvalue weighted by Gasteiger charge is -2.20. The summed E-state index contributed by atoms with van der Waals surface area (Å²) in [7, 11) is -6.52. The number of nitrogens with one attached hydrogen (secondary N) is 2. The van der Waals surface area contributed by atoms with Crippen LogP contribution in [0.4, 0.5) is 0 Å². The number of aliphatic hydroxyl groups is 2. The Morgan fingerprint density at radius 1 is 0.722 bits per heavy atom. The summed E-state index contributed by atoms with van der Waals surface area (Å²) in [4.78, 5) is 0. The first-order chi connectivity index (χ1) is 8.19. The van der Waals surface area contributed by atoms with Gasteiger partial charge in [-0.25, -0.2) is 16.8 Å². The maximum atomic E-state index is 11.2. The van der Waals surface area contributed by atoms with Crippen molar-refractivity contribution in [1.82, 2.24) is 10.9 Å². The van der Waals surface area contributed by atoms with E-state index in [4.69, 9.17) is 0 Å². The Bertz CT molecular complexity index is 468. The van der Waals surface area contributed by atoms with E-state index in [1.165, 1.54) is 0 Å². The van der Waals surface area contributed by atoms with Crippen molar-refractivity contribution in [2.75, 3.05) is 23.0 Å². The fourth-order valence-corrected chi connectivity index (χ4v) is 5.63. The molecule has 0 saturated carbocycles. The van der Waals surface area contributed by atoms with Crippen LogP contribution >= 0.6 is 0 Å². The summed E-state index contributed by atoms with van der Waals surface area (Å²) >= 11 is 0. The molecule has 0 radical (unpaired) electrons. The van der Waals surface area contributed by atoms with Gasteiger partial charge < -0.3 is 10.2 Å². The molecule has 0 aliphatic carbocycles. The van der Waals surface area contributed by atoms with E-state index in [9.17, 15) is 27.0 Å². The normalized spacial score (nSPS) is 42.1. The summed E-state index contributed by atoms with van der Waals surface area (Å²) in [6.45, 7) is 0. The lowest BCUT2D eigenvalue weighted by atomic mass is 10.2. The second kappa shape index (κ2) is 4.69. The number of aliphatic hydroxyl groups excluding tert-OH is 2. The summed E-state index contributed by atoms with van der Waals surface area (Å²) in [6.07, 6.45) is -2.06. The van der Waals surface area contributed by atoms with Crippen molar-refractivity contribution >= 4 is 19.7 Å². The number of hydrogen-bond acceptors (Lipinski definition) is 8. The van der Waals surface area contributed by atoms with Crippen molar-refractivity contribution in [3.8, 4) is 0 Å². The molecule has 0 spiro atoms. The minimum Gasteiger partial charge on any atom is -0.390 e. The van der Waals surface area contributed by atoms with Gasteiger partial charge in [-0.3, -0.25) is 10.9 Å². The average Bonchev–Trinajstić information content (AvgIpc) is 2.59. The highest BCUT2D eigenvalue weighted by molar-refractivity contribution is 7.92. The monoisotopic (exact) mass is 300 g/mol. The topological polar surface area (TPSA) is 133 Å². The van der Waals surface area contributed by atoms with E-state index in [0.717, 1.165) is 0 Å². The van der Waals surface area contributed by atoms with E-state index in [2.05, 4.69) is 10.9 Å². The molecule has 2 rings (SSSR count). The molecule has 2 aliphatic heterocycles. The Kier molecular flexibility index (Phi) is 3.69. The molecule has 10 heteroatoms. The lowest BCUT2D eigenvalue weighted by molar-refractivity contribution is 0.127. The molecule has 4 unspecified atom stereocenters. The molecule has 4 atom stereocenters. The molecule has 4 N–H and O–H groups in total. The Labute approximate surface area is 105 Å². The Morgan fingerprint density at radius 2 is 1.06 bits per heavy atom. The van der Waals surface area contributed by atoms with E-state index in [1.807, 2.05) is 0 Å². The second-order valence-corrected chi connectivity index (χ2v) is 9.10. The molecule has 0 aromatic rings. The number of hydrazine groups is 1. The van der Waals surface area contributed by atoms with Gasteiger partial charge in [-0.05, 0) is 0 Å². The Balaban J connectivity index is 1.90. The molecule has 0 aromatic carbocycles. The van der Waals surface area contributed by atoms with E-state index >= 15 is 0 Å². The molecule has 8 nitrogen and oxygen atoms in total. The van der Waals surface area contributed by atoms with Crippen LogP contribution in [0.1, 0.15) is 0 Å². The van der Waals surface area contributed by atoms with Gasteiger partial charge in [-0.15, -0.1) is 0 Å². The van der Waals surface area contributed by atoms with E-state index in [-0.39, 0.29) is 23.0 Å². The fraction of sp³-hybridized carbons (Fsp3) is 1.00. The van der Waals surface area contributed by atoms with Gasteiger partial charge in [-0.2, -0.15) is 0 Å². The van der Waals surface area contributed by atoms with E-state index < -0.39 is 44.0 Å². The average molecular weight is 300 g/mol. The van der Waals surface area contributed by atoms with Gasteiger partial charge in [0.1, 0.15) is 0 Å². The zero-order chi connectivity index (χ0) is 13.6. The van der Waals surface area contributed by atoms with Crippen LogP contribution in [0.3, 0.4) is 0 Å². The first-order valence-corrected chi connectivity index (χ1v) is 9.11. The SMILES string of the molecule is O=S1(=O)CC(O)C(NNC2CS(=O)(=O)CC2O)C1. The zero-order valence-corrected chi connectivity index (χ0v) is 11.1. The lowest BCUT2D eigenvalue weighted by Crippen LogP contribution is -2.54. The van der Waals surface area contributed by atoms with Crippen LogP contribution in [-0.2, 0) is 19.7 Å². The molecule has 2 heterocycles. The van der Waals surface area contributed by atoms with Crippen molar-refractivity contribution in [2.45, 2.75) is 24.3 Å². The van der Waals surface area contributed by atoms with Crippen LogP contribution in [-0.4, -0.2) is 74.4 Å². The van der Waals surface area contributed by atoms with Gasteiger partial charge in [0.2, 0.25) is 0 Å². The first kappa shape index (κ1) is 14.2. The first-order valence-electron chi connectivity index (χ1n) is 5.46. The van der Waals surface area contributed by atoms with Gasteiger partial charge in [-0.1, -0.05) is 0 Å². The van der Waals surface area contributed by atoms with Crippen molar-refractivity contribution < 1.29 is 27.0 Å². The van der Waals surface area contributed by atoms with Crippen LogP contribution in [0.25, 0.3) is 0 Å². The molecular weight excluding hydrogens is 284 g/mol. The summed E-state index contributed by atoms with van der Waals surface area (Å²) in [5.41, 5.74) is 5.19. The van der Waals surface area contributed by atoms with Crippen LogP contribution in [0, 0.1) is 0 Å². The zero-order valence-electron chi connectivity index (χ0n) is 9.48. The molecule has 0 amide bonds. The Hall–Kier alpha value is -0.260. The maximum absolute atomic E-state index is 11.2. The number of rotatable bonds is 3. The molecule has 18 heavy (non-hydrogen) atoms.